The van der Waals surface area contributed by atoms with Gasteiger partial charge < -0.3 is 15.4 Å². The van der Waals surface area contributed by atoms with Gasteiger partial charge in [0.05, 0.1) is 23.8 Å². The van der Waals surface area contributed by atoms with Crippen LogP contribution in [0.25, 0.3) is 0 Å². The molecule has 1 fully saturated rings. The van der Waals surface area contributed by atoms with Crippen molar-refractivity contribution < 1.29 is 14.3 Å². The van der Waals surface area contributed by atoms with E-state index in [2.05, 4.69) is 33.5 Å². The molecule has 1 amide bonds. The number of esters is 1. The Kier molecular flexibility index (Phi) is 5.36. The van der Waals surface area contributed by atoms with Crippen LogP contribution in [0.2, 0.25) is 0 Å². The van der Waals surface area contributed by atoms with Crippen molar-refractivity contribution in [2.75, 3.05) is 25.0 Å². The Morgan fingerprint density at radius 2 is 2.19 bits per heavy atom. The molecule has 1 aromatic carbocycles. The Hall–Kier alpha value is -1.40. The summed E-state index contributed by atoms with van der Waals surface area (Å²) in [4.78, 5) is 23.9. The average molecular weight is 355 g/mol. The van der Waals surface area contributed by atoms with Gasteiger partial charge in [0.2, 0.25) is 5.91 Å². The molecule has 0 bridgehead atoms. The molecule has 1 aliphatic rings. The van der Waals surface area contributed by atoms with Crippen molar-refractivity contribution in [3.05, 3.63) is 28.2 Å². The van der Waals surface area contributed by atoms with E-state index in [4.69, 9.17) is 4.74 Å². The van der Waals surface area contributed by atoms with Gasteiger partial charge in [-0.2, -0.15) is 0 Å². The van der Waals surface area contributed by atoms with Crippen LogP contribution in [0, 0.1) is 11.8 Å². The zero-order chi connectivity index (χ0) is 15.4. The maximum atomic E-state index is 12.2. The molecule has 1 heterocycles. The highest BCUT2D eigenvalue weighted by atomic mass is 79.9. The molecule has 2 rings (SSSR count). The molecule has 2 N–H and O–H groups in total. The smallest absolute Gasteiger partial charge is 0.338 e. The first-order valence-electron chi connectivity index (χ1n) is 7.01. The van der Waals surface area contributed by atoms with Crippen molar-refractivity contribution in [3.63, 3.8) is 0 Å². The van der Waals surface area contributed by atoms with Gasteiger partial charge in [0.1, 0.15) is 0 Å². The Bertz CT molecular complexity index is 548. The Morgan fingerprint density at radius 3 is 2.76 bits per heavy atom. The summed E-state index contributed by atoms with van der Waals surface area (Å²) in [5.41, 5.74) is 1.12. The molecule has 0 aromatic heterocycles. The Labute approximate surface area is 132 Å². The van der Waals surface area contributed by atoms with E-state index < -0.39 is 0 Å². The minimum Gasteiger partial charge on any atom is -0.462 e. The molecule has 1 aliphatic heterocycles. The van der Waals surface area contributed by atoms with Crippen LogP contribution in [0.4, 0.5) is 5.69 Å². The number of amides is 1. The number of carbonyl (C=O) groups excluding carboxylic acids is 2. The number of carbonyl (C=O) groups is 2. The van der Waals surface area contributed by atoms with Crippen molar-refractivity contribution in [1.82, 2.24) is 5.32 Å². The summed E-state index contributed by atoms with van der Waals surface area (Å²) in [5.74, 6) is -0.0778. The second-order valence-electron chi connectivity index (χ2n) is 5.15. The minimum absolute atomic E-state index is 0.00270. The molecule has 1 aromatic rings. The third-order valence-corrected chi connectivity index (χ3v) is 4.25. The van der Waals surface area contributed by atoms with Crippen molar-refractivity contribution in [2.24, 2.45) is 11.8 Å². The summed E-state index contributed by atoms with van der Waals surface area (Å²) in [6.45, 7) is 5.72. The van der Waals surface area contributed by atoms with E-state index in [0.717, 1.165) is 6.54 Å². The lowest BCUT2D eigenvalue weighted by Crippen LogP contribution is -2.28. The number of hydrogen-bond donors (Lipinski definition) is 2. The van der Waals surface area contributed by atoms with Crippen LogP contribution in [0.5, 0.6) is 0 Å². The van der Waals surface area contributed by atoms with Crippen molar-refractivity contribution in [2.45, 2.75) is 13.8 Å². The average Bonchev–Trinajstić information content (AvgIpc) is 2.87. The largest absolute Gasteiger partial charge is 0.462 e. The van der Waals surface area contributed by atoms with Gasteiger partial charge in [0, 0.05) is 11.0 Å². The Balaban J connectivity index is 2.07. The zero-order valence-electron chi connectivity index (χ0n) is 12.1. The monoisotopic (exact) mass is 354 g/mol. The van der Waals surface area contributed by atoms with Crippen molar-refractivity contribution >= 4 is 33.5 Å². The molecule has 2 atom stereocenters. The van der Waals surface area contributed by atoms with E-state index in [-0.39, 0.29) is 17.8 Å². The lowest BCUT2D eigenvalue weighted by Gasteiger charge is -2.15. The third-order valence-electron chi connectivity index (χ3n) is 3.59. The molecule has 0 saturated carbocycles. The molecule has 5 nitrogen and oxygen atoms in total. The first-order chi connectivity index (χ1) is 10.0. The maximum absolute atomic E-state index is 12.2. The van der Waals surface area contributed by atoms with Gasteiger partial charge in [-0.05, 0) is 53.5 Å². The van der Waals surface area contributed by atoms with E-state index in [1.807, 2.05) is 0 Å². The number of benzene rings is 1. The fraction of sp³-hybridized carbons (Fsp3) is 0.467. The van der Waals surface area contributed by atoms with Gasteiger partial charge in [-0.3, -0.25) is 4.79 Å². The maximum Gasteiger partial charge on any atom is 0.338 e. The predicted octanol–water partition coefficient (Wildman–Crippen LogP) is 2.42. The third kappa shape index (κ3) is 3.83. The summed E-state index contributed by atoms with van der Waals surface area (Å²) in [6, 6.07) is 5.01. The first-order valence-corrected chi connectivity index (χ1v) is 7.80. The molecule has 2 unspecified atom stereocenters. The number of rotatable bonds is 4. The van der Waals surface area contributed by atoms with E-state index in [9.17, 15) is 9.59 Å². The van der Waals surface area contributed by atoms with Crippen LogP contribution < -0.4 is 10.6 Å². The fourth-order valence-electron chi connectivity index (χ4n) is 2.34. The summed E-state index contributed by atoms with van der Waals surface area (Å²) in [6.07, 6.45) is 0. The van der Waals surface area contributed by atoms with Crippen LogP contribution >= 0.6 is 15.9 Å². The van der Waals surface area contributed by atoms with Crippen molar-refractivity contribution in [3.8, 4) is 0 Å². The second kappa shape index (κ2) is 7.04. The van der Waals surface area contributed by atoms with Gasteiger partial charge >= 0.3 is 5.97 Å². The van der Waals surface area contributed by atoms with Gasteiger partial charge in [0.25, 0.3) is 0 Å². The van der Waals surface area contributed by atoms with E-state index >= 15 is 0 Å². The van der Waals surface area contributed by atoms with Crippen LogP contribution in [0.1, 0.15) is 24.2 Å². The summed E-state index contributed by atoms with van der Waals surface area (Å²) in [5, 5.41) is 6.11. The highest BCUT2D eigenvalue weighted by Gasteiger charge is 2.29. The molecule has 21 heavy (non-hydrogen) atoms. The van der Waals surface area contributed by atoms with Gasteiger partial charge in [-0.1, -0.05) is 6.92 Å². The molecule has 0 aliphatic carbocycles. The van der Waals surface area contributed by atoms with Gasteiger partial charge in [-0.25, -0.2) is 4.79 Å². The number of anilines is 1. The normalized spacial score (nSPS) is 21.1. The number of halogens is 1. The summed E-state index contributed by atoms with van der Waals surface area (Å²) < 4.78 is 5.61. The van der Waals surface area contributed by atoms with Crippen LogP contribution in [-0.4, -0.2) is 31.6 Å². The second-order valence-corrected chi connectivity index (χ2v) is 6.00. The molecule has 0 spiro atoms. The lowest BCUT2D eigenvalue weighted by molar-refractivity contribution is -0.120. The number of hydrogen-bond acceptors (Lipinski definition) is 4. The van der Waals surface area contributed by atoms with E-state index in [1.165, 1.54) is 0 Å². The van der Waals surface area contributed by atoms with Crippen LogP contribution in [0.3, 0.4) is 0 Å². The molecular weight excluding hydrogens is 336 g/mol. The van der Waals surface area contributed by atoms with E-state index in [0.29, 0.717) is 34.8 Å². The molecule has 0 radical (unpaired) electrons. The van der Waals surface area contributed by atoms with Gasteiger partial charge in [-0.15, -0.1) is 0 Å². The quantitative estimate of drug-likeness (QED) is 0.814. The molecular formula is C15H19BrN2O3. The van der Waals surface area contributed by atoms with Crippen LogP contribution in [0.15, 0.2) is 22.7 Å². The SMILES string of the molecule is CCOC(=O)c1ccc(NC(=O)C2CNCC2C)c(Br)c1. The fourth-order valence-corrected chi connectivity index (χ4v) is 2.82. The standard InChI is InChI=1S/C15H19BrN2O3/c1-3-21-15(20)10-4-5-13(12(16)6-10)18-14(19)11-8-17-7-9(11)2/h4-6,9,11,17H,3,7-8H2,1-2H3,(H,18,19). The number of ether oxygens (including phenoxy) is 1. The Morgan fingerprint density at radius 1 is 1.43 bits per heavy atom. The molecule has 1 saturated heterocycles. The minimum atomic E-state index is -0.371. The predicted molar refractivity (Wildman–Crippen MR) is 84.3 cm³/mol. The summed E-state index contributed by atoms with van der Waals surface area (Å²) >= 11 is 3.38. The molecule has 114 valence electrons. The van der Waals surface area contributed by atoms with Crippen molar-refractivity contribution in [1.29, 1.82) is 0 Å². The van der Waals surface area contributed by atoms with Gasteiger partial charge in [0.15, 0.2) is 0 Å². The number of nitrogens with one attached hydrogen (secondary N) is 2. The topological polar surface area (TPSA) is 67.4 Å². The summed E-state index contributed by atoms with van der Waals surface area (Å²) in [7, 11) is 0. The van der Waals surface area contributed by atoms with E-state index in [1.54, 1.807) is 25.1 Å². The highest BCUT2D eigenvalue weighted by Crippen LogP contribution is 2.26. The van der Waals surface area contributed by atoms with Crippen LogP contribution in [-0.2, 0) is 9.53 Å². The first kappa shape index (κ1) is 16.0. The highest BCUT2D eigenvalue weighted by molar-refractivity contribution is 9.10. The lowest BCUT2D eigenvalue weighted by atomic mass is 9.97. The zero-order valence-corrected chi connectivity index (χ0v) is 13.7. The molecule has 6 heteroatoms.